The van der Waals surface area contributed by atoms with E-state index in [0.717, 1.165) is 0 Å². The Labute approximate surface area is 84.6 Å². The molecular formula is C9H7N2O4-. The third kappa shape index (κ3) is 1.75. The summed E-state index contributed by atoms with van der Waals surface area (Å²) in [4.78, 5) is 21.1. The summed E-state index contributed by atoms with van der Waals surface area (Å²) in [7, 11) is 0. The molecule has 0 saturated carbocycles. The molecule has 0 aromatic heterocycles. The first kappa shape index (κ1) is 9.47. The van der Waals surface area contributed by atoms with Gasteiger partial charge in [0.1, 0.15) is 6.61 Å². The molecular weight excluding hydrogens is 200 g/mol. The first-order valence-electron chi connectivity index (χ1n) is 4.20. The number of carbonyl (C=O) groups is 1. The minimum atomic E-state index is -0.490. The monoisotopic (exact) mass is 207 g/mol. The SMILES string of the molecule is O=C1CO[CH-][N+]1=c1cc[c-]([N+](=O)[O-])cc1. The molecule has 0 unspecified atom stereocenters. The molecule has 6 nitrogen and oxygen atoms in total. The zero-order valence-corrected chi connectivity index (χ0v) is 7.62. The van der Waals surface area contributed by atoms with Crippen molar-refractivity contribution in [2.45, 2.75) is 0 Å². The molecule has 1 amide bonds. The van der Waals surface area contributed by atoms with Gasteiger partial charge in [0, 0.05) is 10.3 Å². The Morgan fingerprint density at radius 2 is 2.20 bits per heavy atom. The van der Waals surface area contributed by atoms with Crippen LogP contribution < -0.4 is 9.93 Å². The average Bonchev–Trinajstić information content (AvgIpc) is 2.65. The quantitative estimate of drug-likeness (QED) is 0.276. The minimum Gasteiger partial charge on any atom is -0.357 e. The van der Waals surface area contributed by atoms with Crippen LogP contribution in [0.2, 0.25) is 0 Å². The van der Waals surface area contributed by atoms with Crippen LogP contribution in [0.25, 0.3) is 0 Å². The number of carbonyl (C=O) groups excluding carboxylic acids is 1. The average molecular weight is 207 g/mol. The van der Waals surface area contributed by atoms with Crippen LogP contribution in [-0.4, -0.2) is 17.4 Å². The van der Waals surface area contributed by atoms with Gasteiger partial charge in [0.2, 0.25) is 0 Å². The van der Waals surface area contributed by atoms with E-state index in [1.807, 2.05) is 0 Å². The van der Waals surface area contributed by atoms with Crippen LogP contribution in [-0.2, 0) is 9.53 Å². The number of ether oxygens (including phenoxy) is 1. The summed E-state index contributed by atoms with van der Waals surface area (Å²) in [6, 6.07) is 5.69. The van der Waals surface area contributed by atoms with E-state index in [2.05, 4.69) is 0 Å². The normalized spacial score (nSPS) is 15.2. The fourth-order valence-electron chi connectivity index (χ4n) is 1.25. The highest BCUT2D eigenvalue weighted by Crippen LogP contribution is 2.05. The van der Waals surface area contributed by atoms with Crippen molar-refractivity contribution < 1.29 is 14.5 Å². The van der Waals surface area contributed by atoms with Gasteiger partial charge in [-0.05, 0) is 0 Å². The highest BCUT2D eigenvalue weighted by atomic mass is 16.6. The molecule has 6 heteroatoms. The number of amides is 1. The number of hydrogen-bond donors (Lipinski definition) is 0. The van der Waals surface area contributed by atoms with Crippen molar-refractivity contribution in [3.05, 3.63) is 46.5 Å². The molecule has 1 fully saturated rings. The second kappa shape index (κ2) is 3.58. The van der Waals surface area contributed by atoms with E-state index in [4.69, 9.17) is 4.74 Å². The molecule has 1 aliphatic rings. The molecule has 0 bridgehead atoms. The molecule has 1 aromatic carbocycles. The maximum Gasteiger partial charge on any atom is 0.308 e. The second-order valence-corrected chi connectivity index (χ2v) is 2.95. The van der Waals surface area contributed by atoms with Gasteiger partial charge in [-0.25, -0.2) is 0 Å². The lowest BCUT2D eigenvalue weighted by Gasteiger charge is -2.02. The second-order valence-electron chi connectivity index (χ2n) is 2.95. The molecule has 0 radical (unpaired) electrons. The first-order chi connectivity index (χ1) is 7.18. The van der Waals surface area contributed by atoms with Crippen LogP contribution in [0.1, 0.15) is 0 Å². The molecule has 0 spiro atoms. The van der Waals surface area contributed by atoms with Crippen LogP contribution in [0, 0.1) is 16.8 Å². The van der Waals surface area contributed by atoms with E-state index in [1.54, 1.807) is 0 Å². The Bertz CT molecular complexity index is 469. The van der Waals surface area contributed by atoms with E-state index in [0.29, 0.717) is 5.36 Å². The van der Waals surface area contributed by atoms with Gasteiger partial charge in [0.15, 0.2) is 12.4 Å². The van der Waals surface area contributed by atoms with Gasteiger partial charge in [-0.2, -0.15) is 12.1 Å². The highest BCUT2D eigenvalue weighted by Gasteiger charge is 2.15. The van der Waals surface area contributed by atoms with E-state index in [9.17, 15) is 14.9 Å². The van der Waals surface area contributed by atoms with Crippen molar-refractivity contribution in [3.63, 3.8) is 0 Å². The van der Waals surface area contributed by atoms with Crippen LogP contribution in [0.15, 0.2) is 24.3 Å². The van der Waals surface area contributed by atoms with Gasteiger partial charge in [0.05, 0.1) is 0 Å². The van der Waals surface area contributed by atoms with E-state index in [1.165, 1.54) is 35.6 Å². The van der Waals surface area contributed by atoms with E-state index >= 15 is 0 Å². The molecule has 1 aliphatic heterocycles. The van der Waals surface area contributed by atoms with E-state index < -0.39 is 4.92 Å². The van der Waals surface area contributed by atoms with Crippen molar-refractivity contribution in [2.24, 2.45) is 0 Å². The summed E-state index contributed by atoms with van der Waals surface area (Å²) < 4.78 is 6.13. The summed E-state index contributed by atoms with van der Waals surface area (Å²) in [6.07, 6.45) is 0. The Balaban J connectivity index is 2.46. The summed E-state index contributed by atoms with van der Waals surface area (Å²) in [5, 5.41) is 10.9. The highest BCUT2D eigenvalue weighted by molar-refractivity contribution is 5.81. The largest absolute Gasteiger partial charge is 0.357 e. The first-order valence-corrected chi connectivity index (χ1v) is 4.20. The van der Waals surface area contributed by atoms with Gasteiger partial charge < -0.3 is 4.74 Å². The maximum atomic E-state index is 11.2. The van der Waals surface area contributed by atoms with Crippen molar-refractivity contribution in [2.75, 3.05) is 6.61 Å². The summed E-state index contributed by atoms with van der Waals surface area (Å²) >= 11 is 0. The third-order valence-electron chi connectivity index (χ3n) is 1.99. The van der Waals surface area contributed by atoms with E-state index in [-0.39, 0.29) is 18.2 Å². The van der Waals surface area contributed by atoms with Crippen LogP contribution in [0.3, 0.4) is 0 Å². The summed E-state index contributed by atoms with van der Waals surface area (Å²) in [5.41, 5.74) is -0.00804. The molecule has 2 rings (SSSR count). The van der Waals surface area contributed by atoms with Crippen molar-refractivity contribution in [1.29, 1.82) is 0 Å². The fourth-order valence-corrected chi connectivity index (χ4v) is 1.25. The number of nitrogens with zero attached hydrogens (tertiary/aromatic N) is 2. The van der Waals surface area contributed by atoms with Crippen LogP contribution >= 0.6 is 0 Å². The molecule has 1 aromatic rings. The van der Waals surface area contributed by atoms with Crippen molar-refractivity contribution >= 4 is 11.6 Å². The zero-order valence-electron chi connectivity index (χ0n) is 7.62. The molecule has 1 heterocycles. The molecule has 0 aliphatic carbocycles. The van der Waals surface area contributed by atoms with Crippen molar-refractivity contribution in [1.82, 2.24) is 4.58 Å². The molecule has 15 heavy (non-hydrogen) atoms. The predicted molar refractivity (Wildman–Crippen MR) is 49.2 cm³/mol. The Morgan fingerprint density at radius 3 is 2.67 bits per heavy atom. The van der Waals surface area contributed by atoms with Gasteiger partial charge >= 0.3 is 5.91 Å². The predicted octanol–water partition coefficient (Wildman–Crippen LogP) is -0.238. The summed E-state index contributed by atoms with van der Waals surface area (Å²) in [6.45, 7) is 1.31. The maximum absolute atomic E-state index is 11.2. The smallest absolute Gasteiger partial charge is 0.308 e. The van der Waals surface area contributed by atoms with Gasteiger partial charge in [-0.15, -0.1) is 12.1 Å². The molecule has 0 N–H and O–H groups in total. The number of hydrogen-bond acceptors (Lipinski definition) is 4. The Morgan fingerprint density at radius 1 is 1.53 bits per heavy atom. The fraction of sp³-hybridized carbons (Fsp3) is 0.111. The Hall–Kier alpha value is -2.08. The number of nitro benzene ring substituents is 1. The number of benzene rings is 1. The topological polar surface area (TPSA) is 72.5 Å². The van der Waals surface area contributed by atoms with Crippen LogP contribution in [0.4, 0.5) is 5.69 Å². The van der Waals surface area contributed by atoms with Crippen LogP contribution in [0.5, 0.6) is 0 Å². The zero-order chi connectivity index (χ0) is 10.8. The van der Waals surface area contributed by atoms with Crippen molar-refractivity contribution in [3.8, 4) is 0 Å². The van der Waals surface area contributed by atoms with Gasteiger partial charge in [0.25, 0.3) is 0 Å². The third-order valence-corrected chi connectivity index (χ3v) is 1.99. The molecule has 0 atom stereocenters. The van der Waals surface area contributed by atoms with Gasteiger partial charge in [-0.1, -0.05) is 0 Å². The number of rotatable bonds is 1. The lowest BCUT2D eigenvalue weighted by atomic mass is 10.3. The number of non-ortho nitro benzene ring substituents is 1. The molecule has 1 saturated heterocycles. The Kier molecular flexibility index (Phi) is 2.26. The summed E-state index contributed by atoms with van der Waals surface area (Å²) in [5.74, 6) is -0.191. The van der Waals surface area contributed by atoms with Gasteiger partial charge in [-0.3, -0.25) is 19.5 Å². The lowest BCUT2D eigenvalue weighted by molar-refractivity contribution is -0.384. The molecule has 78 valence electrons. The standard InChI is InChI=1S/C9H7N2O4/c12-9-5-15-6-10(9)7-1-3-8(4-2-7)11(13)14/h1-4,6H,5H2/q-1. The lowest BCUT2D eigenvalue weighted by Crippen LogP contribution is -2.29. The number of nitro groups is 1. The minimum absolute atomic E-state index is 0.00804.